The van der Waals surface area contributed by atoms with Gasteiger partial charge in [0, 0.05) is 0 Å². The SMILES string of the molecule is [C-]#N.[C-]#N.[C-]#N.[C-]#N.[C-]#N.[C-]#N.[C-]#N.[C-]#N.[C-]#N.[C-]#N.[C-]#N.[C-]#N.[Ca+2].[Ca+2].[Ca+2].[Co+3].[Co+3]. The summed E-state index contributed by atoms with van der Waals surface area (Å²) in [7, 11) is 0. The van der Waals surface area contributed by atoms with Gasteiger partial charge in [-0.3, -0.25) is 0 Å². The Bertz CT molecular complexity index is 234. The van der Waals surface area contributed by atoms with Crippen molar-refractivity contribution in [2.75, 3.05) is 0 Å². The van der Waals surface area contributed by atoms with E-state index >= 15 is 0 Å². The van der Waals surface area contributed by atoms with Crippen LogP contribution in [0.25, 0.3) is 0 Å². The van der Waals surface area contributed by atoms with Gasteiger partial charge in [-0.2, -0.15) is 0 Å². The van der Waals surface area contributed by atoms with E-state index in [4.69, 9.17) is 142 Å². The Balaban J connectivity index is -0.00000000356. The van der Waals surface area contributed by atoms with Gasteiger partial charge in [0.2, 0.25) is 0 Å². The van der Waals surface area contributed by atoms with Crippen LogP contribution in [0.1, 0.15) is 0 Å². The smallest absolute Gasteiger partial charge is 0.512 e. The summed E-state index contributed by atoms with van der Waals surface area (Å²) >= 11 is 0. The van der Waals surface area contributed by atoms with E-state index in [2.05, 4.69) is 0 Å². The van der Waals surface area contributed by atoms with Gasteiger partial charge in [-0.15, -0.1) is 0 Å². The van der Waals surface area contributed by atoms with Gasteiger partial charge in [0.1, 0.15) is 0 Å². The van der Waals surface area contributed by atoms with Crippen LogP contribution in [0.15, 0.2) is 0 Å². The Morgan fingerprint density at radius 1 is 0.172 bits per heavy atom. The molecule has 0 amide bonds. The fourth-order valence-corrected chi connectivity index (χ4v) is 0. The van der Waals surface area contributed by atoms with Crippen LogP contribution in [0.2, 0.25) is 0 Å². The number of hydrogen-bond donors (Lipinski definition) is 0. The Morgan fingerprint density at radius 3 is 0.172 bits per heavy atom. The minimum absolute atomic E-state index is 0. The van der Waals surface area contributed by atoms with Crippen molar-refractivity contribution < 1.29 is 33.6 Å². The third-order valence-corrected chi connectivity index (χ3v) is 0. The molecule has 0 atom stereocenters. The molecule has 17 heteroatoms. The number of hydrogen-bond acceptors (Lipinski definition) is 12. The van der Waals surface area contributed by atoms with Gasteiger partial charge in [0.15, 0.2) is 0 Å². The molecule has 0 bridgehead atoms. The van der Waals surface area contributed by atoms with Gasteiger partial charge in [-0.05, 0) is 0 Å². The zero-order chi connectivity index (χ0) is 24.0. The summed E-state index contributed by atoms with van der Waals surface area (Å²) in [5.41, 5.74) is 0. The quantitative estimate of drug-likeness (QED) is 0.284. The molecule has 0 aliphatic rings. The van der Waals surface area contributed by atoms with Crippen LogP contribution in [0.5, 0.6) is 0 Å². The third kappa shape index (κ3) is 9210. The minimum Gasteiger partial charge on any atom is -0.512 e. The summed E-state index contributed by atoms with van der Waals surface area (Å²) in [5.74, 6) is 0. The van der Waals surface area contributed by atoms with Crippen LogP contribution < -0.4 is 0 Å². The molecule has 132 valence electrons. The van der Waals surface area contributed by atoms with E-state index < -0.39 is 0 Å². The number of rotatable bonds is 0. The van der Waals surface area contributed by atoms with Crippen molar-refractivity contribution in [2.45, 2.75) is 0 Å². The van der Waals surface area contributed by atoms with E-state index in [9.17, 15) is 0 Å². The average Bonchev–Trinajstić information content (AvgIpc) is 2.84. The van der Waals surface area contributed by atoms with Crippen molar-refractivity contribution in [3.63, 3.8) is 0 Å². The third-order valence-electron chi connectivity index (χ3n) is 0. The summed E-state index contributed by atoms with van der Waals surface area (Å²) in [6.45, 7) is 57.0. The van der Waals surface area contributed by atoms with E-state index in [0.29, 0.717) is 0 Å². The first-order chi connectivity index (χ1) is 12.0. The standard InChI is InChI=1S/12CN.3Ca.2Co/c12*1-2;;;;;/q12*-1;3*+2;2*+3. The molecule has 0 aliphatic heterocycles. The van der Waals surface area contributed by atoms with Crippen LogP contribution in [0, 0.1) is 142 Å². The predicted octanol–water partition coefficient (Wildman–Crippen LogP) is 0.00904. The Morgan fingerprint density at radius 2 is 0.172 bits per heavy atom. The molecule has 0 spiro atoms. The van der Waals surface area contributed by atoms with Crippen molar-refractivity contribution in [2.24, 2.45) is 0 Å². The second kappa shape index (κ2) is 9970. The molecule has 0 saturated carbocycles. The topological polar surface area (TPSA) is 285 Å². The second-order valence-corrected chi connectivity index (χ2v) is 0. The monoisotopic (exact) mass is 550 g/mol. The molecule has 0 heterocycles. The van der Waals surface area contributed by atoms with Crippen molar-refractivity contribution in [3.05, 3.63) is 78.9 Å². The molecule has 0 fully saturated rings. The van der Waals surface area contributed by atoms with Crippen LogP contribution in [-0.2, 0) is 33.6 Å². The molecule has 0 N–H and O–H groups in total. The Hall–Kier alpha value is -1.33. The Labute approximate surface area is 284 Å². The maximum absolute atomic E-state index is 6.25. The summed E-state index contributed by atoms with van der Waals surface area (Å²) < 4.78 is 0. The molecule has 29 heavy (non-hydrogen) atoms. The summed E-state index contributed by atoms with van der Waals surface area (Å²) in [6, 6.07) is 0. The fourth-order valence-electron chi connectivity index (χ4n) is 0. The van der Waals surface area contributed by atoms with Gasteiger partial charge in [0.05, 0.1) is 0 Å². The van der Waals surface area contributed by atoms with E-state index in [1.807, 2.05) is 0 Å². The minimum atomic E-state index is 0. The fraction of sp³-hybridized carbons (Fsp3) is 0. The Kier molecular flexibility index (Phi) is 59400. The molecule has 0 radical (unpaired) electrons. The van der Waals surface area contributed by atoms with Crippen molar-refractivity contribution >= 4 is 113 Å². The van der Waals surface area contributed by atoms with E-state index in [1.165, 1.54) is 0 Å². The number of nitrogens with zero attached hydrogens (tertiary/aromatic N) is 12. The first kappa shape index (κ1) is 173. The molecule has 0 rings (SSSR count). The van der Waals surface area contributed by atoms with E-state index in [-0.39, 0.29) is 147 Å². The van der Waals surface area contributed by atoms with Gasteiger partial charge in [-0.25, -0.2) is 0 Å². The molecule has 0 aromatic heterocycles. The molecular formula is C12Ca3Co2N12. The average molecular weight is 550 g/mol. The summed E-state index contributed by atoms with van der Waals surface area (Å²) in [4.78, 5) is 0. The van der Waals surface area contributed by atoms with Gasteiger partial charge >= 0.3 is 147 Å². The van der Waals surface area contributed by atoms with Crippen LogP contribution in [0.3, 0.4) is 0 Å². The molecule has 0 aliphatic carbocycles. The van der Waals surface area contributed by atoms with Gasteiger partial charge < -0.3 is 142 Å². The van der Waals surface area contributed by atoms with Gasteiger partial charge in [-0.1, -0.05) is 0 Å². The van der Waals surface area contributed by atoms with Crippen molar-refractivity contribution in [1.29, 1.82) is 63.1 Å². The first-order valence-corrected chi connectivity index (χ1v) is 2.68. The zero-order valence-electron chi connectivity index (χ0n) is 14.2. The van der Waals surface area contributed by atoms with Crippen molar-refractivity contribution in [1.82, 2.24) is 0 Å². The van der Waals surface area contributed by atoms with Crippen molar-refractivity contribution in [3.8, 4) is 0 Å². The predicted molar refractivity (Wildman–Crippen MR) is 76.9 cm³/mol. The van der Waals surface area contributed by atoms with Gasteiger partial charge in [0.25, 0.3) is 0 Å². The maximum Gasteiger partial charge on any atom is 3.00 e. The molecule has 0 aromatic rings. The van der Waals surface area contributed by atoms with E-state index in [0.717, 1.165) is 0 Å². The molecule has 0 unspecified atom stereocenters. The summed E-state index contributed by atoms with van der Waals surface area (Å²) in [6.07, 6.45) is 0. The molecular weight excluding hydrogens is 550 g/mol. The van der Waals surface area contributed by atoms with Crippen LogP contribution >= 0.6 is 0 Å². The van der Waals surface area contributed by atoms with Crippen LogP contribution in [0.4, 0.5) is 0 Å². The molecule has 12 nitrogen and oxygen atoms in total. The normalized spacial score (nSPS) is 0.828. The van der Waals surface area contributed by atoms with Crippen LogP contribution in [-0.4, -0.2) is 113 Å². The molecule has 0 aromatic carbocycles. The zero-order valence-corrected chi connectivity index (χ0v) is 22.9. The summed E-state index contributed by atoms with van der Waals surface area (Å²) in [5, 5.41) is 75.0. The largest absolute Gasteiger partial charge is 3.00 e. The second-order valence-electron chi connectivity index (χ2n) is 0. The first-order valence-electron chi connectivity index (χ1n) is 2.68. The van der Waals surface area contributed by atoms with E-state index in [1.54, 1.807) is 0 Å². The maximum atomic E-state index is 6.25. The molecule has 0 saturated heterocycles.